The van der Waals surface area contributed by atoms with Crippen molar-refractivity contribution in [2.24, 2.45) is 4.99 Å². The molecule has 1 heterocycles. The summed E-state index contributed by atoms with van der Waals surface area (Å²) >= 11 is 0. The Kier molecular flexibility index (Phi) is 9.30. The van der Waals surface area contributed by atoms with Gasteiger partial charge in [-0.3, -0.25) is 4.99 Å². The van der Waals surface area contributed by atoms with Crippen LogP contribution in [0.2, 0.25) is 0 Å². The zero-order valence-electron chi connectivity index (χ0n) is 12.6. The highest BCUT2D eigenvalue weighted by Gasteiger charge is 1.97. The smallest absolute Gasteiger partial charge is 0.191 e. The number of nitrogens with zero attached hydrogens (tertiary/aromatic N) is 3. The first-order chi connectivity index (χ1) is 9.86. The van der Waals surface area contributed by atoms with Gasteiger partial charge in [0.2, 0.25) is 0 Å². The molecule has 1 aromatic heterocycles. The van der Waals surface area contributed by atoms with Crippen LogP contribution in [0.5, 0.6) is 0 Å². The topological polar surface area (TPSA) is 63.5 Å². The van der Waals surface area contributed by atoms with E-state index < -0.39 is 0 Å². The van der Waals surface area contributed by atoms with Crippen molar-refractivity contribution in [1.82, 2.24) is 20.2 Å². The summed E-state index contributed by atoms with van der Waals surface area (Å²) in [7, 11) is 0. The Hall–Kier alpha value is -1.56. The largest absolute Gasteiger partial charge is 0.382 e. The van der Waals surface area contributed by atoms with Gasteiger partial charge in [0, 0.05) is 51.8 Å². The molecule has 0 radical (unpaired) electrons. The lowest BCUT2D eigenvalue weighted by Gasteiger charge is -2.11. The molecule has 6 nitrogen and oxygen atoms in total. The minimum absolute atomic E-state index is 0.793. The fraction of sp³-hybridized carbons (Fsp3) is 0.714. The van der Waals surface area contributed by atoms with E-state index in [2.05, 4.69) is 27.5 Å². The zero-order valence-corrected chi connectivity index (χ0v) is 12.6. The summed E-state index contributed by atoms with van der Waals surface area (Å²) in [6.45, 7) is 9.13. The molecule has 0 aliphatic heterocycles. The van der Waals surface area contributed by atoms with Crippen molar-refractivity contribution in [3.63, 3.8) is 0 Å². The lowest BCUT2D eigenvalue weighted by molar-refractivity contribution is 0.144. The molecule has 0 atom stereocenters. The van der Waals surface area contributed by atoms with Crippen LogP contribution in [0, 0.1) is 0 Å². The van der Waals surface area contributed by atoms with Crippen LogP contribution >= 0.6 is 0 Å². The van der Waals surface area contributed by atoms with Gasteiger partial charge >= 0.3 is 0 Å². The maximum absolute atomic E-state index is 5.31. The molecule has 1 aromatic rings. The van der Waals surface area contributed by atoms with E-state index in [0.29, 0.717) is 0 Å². The van der Waals surface area contributed by atoms with Crippen LogP contribution in [0.15, 0.2) is 23.7 Å². The monoisotopic (exact) mass is 281 g/mol. The molecular weight excluding hydrogens is 254 g/mol. The fourth-order valence-corrected chi connectivity index (χ4v) is 1.72. The van der Waals surface area contributed by atoms with Gasteiger partial charge in [-0.25, -0.2) is 4.98 Å². The van der Waals surface area contributed by atoms with Crippen molar-refractivity contribution in [1.29, 1.82) is 0 Å². The Morgan fingerprint density at radius 2 is 2.20 bits per heavy atom. The molecule has 114 valence electrons. The highest BCUT2D eigenvalue weighted by Crippen LogP contribution is 1.91. The van der Waals surface area contributed by atoms with E-state index in [9.17, 15) is 0 Å². The summed E-state index contributed by atoms with van der Waals surface area (Å²) in [6.07, 6.45) is 7.68. The van der Waals surface area contributed by atoms with Gasteiger partial charge in [0.25, 0.3) is 0 Å². The third kappa shape index (κ3) is 7.78. The van der Waals surface area contributed by atoms with Gasteiger partial charge in [-0.05, 0) is 26.7 Å². The molecular formula is C14H27N5O. The van der Waals surface area contributed by atoms with Crippen molar-refractivity contribution in [3.05, 3.63) is 18.7 Å². The van der Waals surface area contributed by atoms with Gasteiger partial charge in [0.1, 0.15) is 0 Å². The maximum atomic E-state index is 5.31. The lowest BCUT2D eigenvalue weighted by Crippen LogP contribution is -2.38. The van der Waals surface area contributed by atoms with Gasteiger partial charge in [0.05, 0.1) is 6.33 Å². The number of aromatic nitrogens is 2. The van der Waals surface area contributed by atoms with E-state index in [0.717, 1.165) is 58.2 Å². The van der Waals surface area contributed by atoms with Crippen molar-refractivity contribution < 1.29 is 4.74 Å². The van der Waals surface area contributed by atoms with E-state index in [4.69, 9.17) is 4.74 Å². The molecule has 0 aliphatic carbocycles. The van der Waals surface area contributed by atoms with E-state index >= 15 is 0 Å². The molecule has 0 fully saturated rings. The predicted molar refractivity (Wildman–Crippen MR) is 81.9 cm³/mol. The fourth-order valence-electron chi connectivity index (χ4n) is 1.72. The number of aliphatic imine (C=N–C) groups is 1. The Labute approximate surface area is 121 Å². The number of guanidine groups is 1. The normalized spacial score (nSPS) is 11.6. The van der Waals surface area contributed by atoms with Crippen LogP contribution in [-0.2, 0) is 11.3 Å². The van der Waals surface area contributed by atoms with Crippen LogP contribution < -0.4 is 10.6 Å². The van der Waals surface area contributed by atoms with Crippen LogP contribution in [0.1, 0.15) is 26.7 Å². The van der Waals surface area contributed by atoms with Crippen LogP contribution in [0.25, 0.3) is 0 Å². The average Bonchev–Trinajstić information content (AvgIpc) is 2.96. The quantitative estimate of drug-likeness (QED) is 0.385. The summed E-state index contributed by atoms with van der Waals surface area (Å²) in [5.41, 5.74) is 0. The first-order valence-corrected chi connectivity index (χ1v) is 7.42. The SMILES string of the molecule is CCNC(=NCCCCOCC)NCCn1ccnc1. The number of unbranched alkanes of at least 4 members (excludes halogenated alkanes) is 1. The van der Waals surface area contributed by atoms with E-state index in [1.54, 1.807) is 6.20 Å². The van der Waals surface area contributed by atoms with Gasteiger partial charge in [0.15, 0.2) is 5.96 Å². The second-order valence-electron chi connectivity index (χ2n) is 4.39. The van der Waals surface area contributed by atoms with Crippen LogP contribution in [0.3, 0.4) is 0 Å². The van der Waals surface area contributed by atoms with Gasteiger partial charge < -0.3 is 19.9 Å². The molecule has 6 heteroatoms. The standard InChI is InChI=1S/C14H27N5O/c1-3-16-14(17-7-5-6-12-20-4-2)18-9-11-19-10-8-15-13-19/h8,10,13H,3-7,9,11-12H2,1-2H3,(H2,16,17,18). The molecule has 0 spiro atoms. The van der Waals surface area contributed by atoms with E-state index in [-0.39, 0.29) is 0 Å². The predicted octanol–water partition coefficient (Wildman–Crippen LogP) is 1.25. The zero-order chi connectivity index (χ0) is 14.5. The van der Waals surface area contributed by atoms with E-state index in [1.165, 1.54) is 0 Å². The molecule has 0 aromatic carbocycles. The van der Waals surface area contributed by atoms with Crippen molar-refractivity contribution in [2.75, 3.05) is 32.8 Å². The van der Waals surface area contributed by atoms with Crippen molar-refractivity contribution in [3.8, 4) is 0 Å². The van der Waals surface area contributed by atoms with Crippen molar-refractivity contribution >= 4 is 5.96 Å². The number of nitrogens with one attached hydrogen (secondary N) is 2. The second kappa shape index (κ2) is 11.3. The first kappa shape index (κ1) is 16.5. The van der Waals surface area contributed by atoms with Gasteiger partial charge in [-0.15, -0.1) is 0 Å². The summed E-state index contributed by atoms with van der Waals surface area (Å²) in [4.78, 5) is 8.56. The Balaban J connectivity index is 2.17. The Bertz CT molecular complexity index is 350. The summed E-state index contributed by atoms with van der Waals surface area (Å²) in [5, 5.41) is 6.57. The first-order valence-electron chi connectivity index (χ1n) is 7.42. The number of hydrogen-bond donors (Lipinski definition) is 2. The number of hydrogen-bond acceptors (Lipinski definition) is 3. The van der Waals surface area contributed by atoms with Gasteiger partial charge in [-0.2, -0.15) is 0 Å². The molecule has 0 amide bonds. The second-order valence-corrected chi connectivity index (χ2v) is 4.39. The van der Waals surface area contributed by atoms with Crippen LogP contribution in [0.4, 0.5) is 0 Å². The number of ether oxygens (including phenoxy) is 1. The lowest BCUT2D eigenvalue weighted by atomic mass is 10.3. The van der Waals surface area contributed by atoms with Crippen molar-refractivity contribution in [2.45, 2.75) is 33.2 Å². The Morgan fingerprint density at radius 3 is 2.90 bits per heavy atom. The molecule has 0 unspecified atom stereocenters. The highest BCUT2D eigenvalue weighted by atomic mass is 16.5. The maximum Gasteiger partial charge on any atom is 0.191 e. The molecule has 20 heavy (non-hydrogen) atoms. The number of rotatable bonds is 10. The molecule has 0 bridgehead atoms. The average molecular weight is 281 g/mol. The minimum atomic E-state index is 0.793. The van der Waals surface area contributed by atoms with Gasteiger partial charge in [-0.1, -0.05) is 0 Å². The number of imidazole rings is 1. The summed E-state index contributed by atoms with van der Waals surface area (Å²) < 4.78 is 7.35. The van der Waals surface area contributed by atoms with Crippen LogP contribution in [-0.4, -0.2) is 48.4 Å². The molecule has 0 saturated carbocycles. The summed E-state index contributed by atoms with van der Waals surface area (Å²) in [6, 6.07) is 0. The Morgan fingerprint density at radius 1 is 1.30 bits per heavy atom. The minimum Gasteiger partial charge on any atom is -0.382 e. The molecule has 2 N–H and O–H groups in total. The third-order valence-corrected chi connectivity index (χ3v) is 2.74. The molecule has 0 saturated heterocycles. The molecule has 1 rings (SSSR count). The molecule has 0 aliphatic rings. The highest BCUT2D eigenvalue weighted by molar-refractivity contribution is 5.79. The summed E-state index contributed by atoms with van der Waals surface area (Å²) in [5.74, 6) is 0.879. The van der Waals surface area contributed by atoms with E-state index in [1.807, 2.05) is 24.0 Å². The third-order valence-electron chi connectivity index (χ3n) is 2.74.